The third-order valence-corrected chi connectivity index (χ3v) is 7.91. The summed E-state index contributed by atoms with van der Waals surface area (Å²) in [5.74, 6) is -2.44. The Kier molecular flexibility index (Phi) is 13.0. The van der Waals surface area contributed by atoms with Crippen molar-refractivity contribution in [1.82, 2.24) is 21.3 Å². The molecule has 3 rings (SSSR count). The van der Waals surface area contributed by atoms with Crippen molar-refractivity contribution < 1.29 is 29.4 Å². The number of carbonyl (C=O) groups is 4. The van der Waals surface area contributed by atoms with Crippen LogP contribution < -0.4 is 21.3 Å². The van der Waals surface area contributed by atoms with E-state index in [2.05, 4.69) is 21.3 Å². The van der Waals surface area contributed by atoms with Crippen molar-refractivity contribution in [3.63, 3.8) is 0 Å². The Morgan fingerprint density at radius 3 is 2.44 bits per heavy atom. The van der Waals surface area contributed by atoms with E-state index in [0.717, 1.165) is 12.0 Å². The van der Waals surface area contributed by atoms with Crippen LogP contribution in [0.25, 0.3) is 0 Å². The minimum Gasteiger partial charge on any atom is -0.384 e. The quantitative estimate of drug-likeness (QED) is 0.170. The number of unbranched alkanes of at least 4 members (excludes halogenated alkanes) is 1. The van der Waals surface area contributed by atoms with Gasteiger partial charge in [0.05, 0.1) is 12.5 Å². The monoisotopic (exact) mass is 614 g/mol. The molecule has 1 heterocycles. The van der Waals surface area contributed by atoms with Gasteiger partial charge in [-0.05, 0) is 49.4 Å². The zero-order valence-corrected chi connectivity index (χ0v) is 25.5. The van der Waals surface area contributed by atoms with Gasteiger partial charge in [0.15, 0.2) is 6.10 Å². The minimum absolute atomic E-state index is 0.0672. The van der Waals surface area contributed by atoms with Crippen molar-refractivity contribution in [2.24, 2.45) is 5.92 Å². The molecule has 0 aromatic heterocycles. The second-order valence-electron chi connectivity index (χ2n) is 11.1. The Labute approximate surface area is 258 Å². The van der Waals surface area contributed by atoms with Crippen LogP contribution in [-0.2, 0) is 31.2 Å². The average molecular weight is 615 g/mol. The van der Waals surface area contributed by atoms with Crippen LogP contribution in [0.1, 0.15) is 63.5 Å². The highest BCUT2D eigenvalue weighted by molar-refractivity contribution is 6.30. The van der Waals surface area contributed by atoms with E-state index in [1.54, 1.807) is 49.4 Å². The molecule has 4 amide bonds. The van der Waals surface area contributed by atoms with Gasteiger partial charge in [0.25, 0.3) is 5.91 Å². The molecule has 0 saturated carbocycles. The Balaban J connectivity index is 1.79. The molecule has 1 aliphatic rings. The lowest BCUT2D eigenvalue weighted by Gasteiger charge is -2.30. The largest absolute Gasteiger partial charge is 0.384 e. The third-order valence-electron chi connectivity index (χ3n) is 7.68. The first kappa shape index (κ1) is 34.0. The fourth-order valence-electron chi connectivity index (χ4n) is 5.38. The number of halogens is 1. The van der Waals surface area contributed by atoms with Gasteiger partial charge in [-0.15, -0.1) is 0 Å². The number of carbonyl (C=O) groups excluding carboxylic acids is 4. The maximum atomic E-state index is 13.6. The average Bonchev–Trinajstić information content (AvgIpc) is 3.38. The molecule has 6 N–H and O–H groups in total. The SMILES string of the molecule is CCCC[C@H](NC(=O)CC(O)(Cc1cccc(Cl)c1)c1ccccc1)C(=O)N[C@@H](C[C@@H]1CCNC1=O)C(O)C(=O)NCC. The second kappa shape index (κ2) is 16.4. The van der Waals surface area contributed by atoms with Crippen LogP contribution in [0, 0.1) is 5.92 Å². The molecule has 2 aromatic rings. The van der Waals surface area contributed by atoms with Crippen molar-refractivity contribution in [1.29, 1.82) is 0 Å². The standard InChI is InChI=1S/C32H43ClN4O6/c1-3-5-14-25(30(41)37-26(28(39)31(42)34-4-2)18-22-15-16-35-29(22)40)36-27(38)20-32(43,23-11-7-6-8-12-23)19-21-10-9-13-24(33)17-21/h6-13,17,22,25-26,28,39,43H,3-5,14-16,18-20H2,1-2H3,(H,34,42)(H,35,40)(H,36,38)(H,37,41)/t22-,25-,26-,28?,32?/m0/s1. The van der Waals surface area contributed by atoms with Crippen molar-refractivity contribution in [3.05, 3.63) is 70.7 Å². The predicted octanol–water partition coefficient (Wildman–Crippen LogP) is 2.34. The number of aliphatic hydroxyl groups is 2. The zero-order chi connectivity index (χ0) is 31.4. The van der Waals surface area contributed by atoms with Gasteiger partial charge >= 0.3 is 0 Å². The summed E-state index contributed by atoms with van der Waals surface area (Å²) in [6.45, 7) is 4.43. The van der Waals surface area contributed by atoms with E-state index in [-0.39, 0.29) is 31.7 Å². The Hall–Kier alpha value is -3.47. The number of nitrogens with one attached hydrogen (secondary N) is 4. The number of hydrogen-bond donors (Lipinski definition) is 6. The molecule has 1 saturated heterocycles. The van der Waals surface area contributed by atoms with Crippen molar-refractivity contribution in [3.8, 4) is 0 Å². The summed E-state index contributed by atoms with van der Waals surface area (Å²) in [5, 5.41) is 33.9. The molecule has 43 heavy (non-hydrogen) atoms. The summed E-state index contributed by atoms with van der Waals surface area (Å²) in [5.41, 5.74) is -0.307. The van der Waals surface area contributed by atoms with E-state index in [9.17, 15) is 29.4 Å². The van der Waals surface area contributed by atoms with Gasteiger partial charge in [-0.3, -0.25) is 19.2 Å². The molecule has 1 aliphatic heterocycles. The van der Waals surface area contributed by atoms with Gasteiger partial charge < -0.3 is 31.5 Å². The normalized spacial score (nSPS) is 18.1. The molecule has 0 radical (unpaired) electrons. The van der Waals surface area contributed by atoms with E-state index in [0.29, 0.717) is 36.4 Å². The first-order chi connectivity index (χ1) is 20.6. The maximum absolute atomic E-state index is 13.6. The Bertz CT molecular complexity index is 1250. The van der Waals surface area contributed by atoms with Crippen molar-refractivity contribution in [2.45, 2.75) is 82.6 Å². The molecule has 0 aliphatic carbocycles. The van der Waals surface area contributed by atoms with E-state index in [1.165, 1.54) is 0 Å². The smallest absolute Gasteiger partial charge is 0.250 e. The molecule has 5 atom stereocenters. The number of amides is 4. The fourth-order valence-corrected chi connectivity index (χ4v) is 5.59. The number of likely N-dealkylation sites (N-methyl/N-ethyl adjacent to an activating group) is 1. The van der Waals surface area contributed by atoms with Crippen LogP contribution in [0.15, 0.2) is 54.6 Å². The fraction of sp³-hybridized carbons (Fsp3) is 0.500. The van der Waals surface area contributed by atoms with Crippen LogP contribution in [0.2, 0.25) is 5.02 Å². The number of hydrogen-bond acceptors (Lipinski definition) is 6. The van der Waals surface area contributed by atoms with Crippen LogP contribution in [-0.4, -0.2) is 65.1 Å². The van der Waals surface area contributed by atoms with Crippen molar-refractivity contribution >= 4 is 35.2 Å². The Morgan fingerprint density at radius 2 is 1.81 bits per heavy atom. The molecule has 0 bridgehead atoms. The lowest BCUT2D eigenvalue weighted by molar-refractivity contribution is -0.136. The summed E-state index contributed by atoms with van der Waals surface area (Å²) < 4.78 is 0. The lowest BCUT2D eigenvalue weighted by atomic mass is 9.84. The molecule has 2 aromatic carbocycles. The number of rotatable bonds is 16. The molecule has 11 heteroatoms. The molecule has 2 unspecified atom stereocenters. The summed E-state index contributed by atoms with van der Waals surface area (Å²) in [6, 6.07) is 13.9. The molecule has 10 nitrogen and oxygen atoms in total. The summed E-state index contributed by atoms with van der Waals surface area (Å²) in [4.78, 5) is 51.7. The van der Waals surface area contributed by atoms with Gasteiger partial charge in [-0.1, -0.05) is 73.8 Å². The summed E-state index contributed by atoms with van der Waals surface area (Å²) >= 11 is 6.17. The molecule has 1 fully saturated rings. The summed E-state index contributed by atoms with van der Waals surface area (Å²) in [7, 11) is 0. The van der Waals surface area contributed by atoms with Gasteiger partial charge in [0, 0.05) is 30.5 Å². The summed E-state index contributed by atoms with van der Waals surface area (Å²) in [6.07, 6.45) is 0.480. The van der Waals surface area contributed by atoms with Crippen LogP contribution >= 0.6 is 11.6 Å². The van der Waals surface area contributed by atoms with E-state index in [4.69, 9.17) is 11.6 Å². The highest BCUT2D eigenvalue weighted by Crippen LogP contribution is 2.30. The highest BCUT2D eigenvalue weighted by atomic mass is 35.5. The van der Waals surface area contributed by atoms with Gasteiger partial charge in [-0.25, -0.2) is 0 Å². The van der Waals surface area contributed by atoms with E-state index < -0.39 is 47.4 Å². The minimum atomic E-state index is -1.59. The van der Waals surface area contributed by atoms with Gasteiger partial charge in [0.2, 0.25) is 17.7 Å². The van der Waals surface area contributed by atoms with Crippen molar-refractivity contribution in [2.75, 3.05) is 13.1 Å². The highest BCUT2D eigenvalue weighted by Gasteiger charge is 2.37. The maximum Gasteiger partial charge on any atom is 0.250 e. The number of benzene rings is 2. The van der Waals surface area contributed by atoms with Gasteiger partial charge in [-0.2, -0.15) is 0 Å². The first-order valence-electron chi connectivity index (χ1n) is 14.9. The van der Waals surface area contributed by atoms with E-state index in [1.807, 2.05) is 19.1 Å². The zero-order valence-electron chi connectivity index (χ0n) is 24.8. The molecule has 234 valence electrons. The molecule has 0 spiro atoms. The predicted molar refractivity (Wildman–Crippen MR) is 164 cm³/mol. The number of aliphatic hydroxyl groups excluding tert-OH is 1. The van der Waals surface area contributed by atoms with E-state index >= 15 is 0 Å². The molecular weight excluding hydrogens is 572 g/mol. The van der Waals surface area contributed by atoms with Crippen LogP contribution in [0.4, 0.5) is 0 Å². The third kappa shape index (κ3) is 10.0. The topological polar surface area (TPSA) is 157 Å². The van der Waals surface area contributed by atoms with Crippen LogP contribution in [0.5, 0.6) is 0 Å². The first-order valence-corrected chi connectivity index (χ1v) is 15.3. The molecular formula is C32H43ClN4O6. The lowest BCUT2D eigenvalue weighted by Crippen LogP contribution is -2.56. The van der Waals surface area contributed by atoms with Gasteiger partial charge in [0.1, 0.15) is 11.6 Å². The van der Waals surface area contributed by atoms with Crippen LogP contribution in [0.3, 0.4) is 0 Å². The Morgan fingerprint density at radius 1 is 1.07 bits per heavy atom. The second-order valence-corrected chi connectivity index (χ2v) is 11.5.